The molecule has 0 aliphatic heterocycles. The molecular formula is C33H42FNO. The van der Waals surface area contributed by atoms with Gasteiger partial charge in [-0.25, -0.2) is 4.39 Å². The SMILES string of the molecule is CC.CCc1cccc(F)c1.Cc1cc(-c2ccccc2C#N)ccc1C(=O)CCC1CCCC1C.[HH]. The van der Waals surface area contributed by atoms with Crippen LogP contribution in [0.3, 0.4) is 0 Å². The fourth-order valence-corrected chi connectivity index (χ4v) is 4.84. The predicted molar refractivity (Wildman–Crippen MR) is 151 cm³/mol. The fourth-order valence-electron chi connectivity index (χ4n) is 4.84. The van der Waals surface area contributed by atoms with Gasteiger partial charge in [0.15, 0.2) is 5.78 Å². The third-order valence-electron chi connectivity index (χ3n) is 6.96. The van der Waals surface area contributed by atoms with E-state index in [-0.39, 0.29) is 13.0 Å². The van der Waals surface area contributed by atoms with Crippen molar-refractivity contribution in [2.24, 2.45) is 11.8 Å². The summed E-state index contributed by atoms with van der Waals surface area (Å²) in [5.74, 6) is 1.58. The molecule has 36 heavy (non-hydrogen) atoms. The Bertz CT molecular complexity index is 1170. The molecule has 0 N–H and O–H groups in total. The largest absolute Gasteiger partial charge is 0.294 e. The molecule has 2 atom stereocenters. The molecule has 2 nitrogen and oxygen atoms in total. The maximum Gasteiger partial charge on any atom is 0.163 e. The van der Waals surface area contributed by atoms with E-state index in [1.807, 2.05) is 76.2 Å². The van der Waals surface area contributed by atoms with Crippen molar-refractivity contribution in [1.29, 1.82) is 5.26 Å². The van der Waals surface area contributed by atoms with Crippen molar-refractivity contribution >= 4 is 5.78 Å². The molecule has 1 aliphatic rings. The molecular weight excluding hydrogens is 445 g/mol. The molecule has 1 fully saturated rings. The molecule has 192 valence electrons. The molecule has 3 aromatic rings. The molecule has 0 saturated heterocycles. The number of nitrogens with zero attached hydrogens (tertiary/aromatic N) is 1. The molecule has 0 amide bonds. The van der Waals surface area contributed by atoms with E-state index in [1.54, 1.807) is 12.1 Å². The van der Waals surface area contributed by atoms with Gasteiger partial charge >= 0.3 is 0 Å². The van der Waals surface area contributed by atoms with Gasteiger partial charge in [0, 0.05) is 13.4 Å². The van der Waals surface area contributed by atoms with Crippen molar-refractivity contribution < 1.29 is 10.6 Å². The van der Waals surface area contributed by atoms with E-state index < -0.39 is 0 Å². The van der Waals surface area contributed by atoms with E-state index >= 15 is 0 Å². The molecule has 0 aromatic heterocycles. The number of hydrogen-bond acceptors (Lipinski definition) is 2. The summed E-state index contributed by atoms with van der Waals surface area (Å²) >= 11 is 0. The van der Waals surface area contributed by atoms with Gasteiger partial charge in [0.25, 0.3) is 0 Å². The number of ketones is 1. The second-order valence-electron chi connectivity index (χ2n) is 9.30. The van der Waals surface area contributed by atoms with Crippen LogP contribution in [0.1, 0.15) is 88.3 Å². The maximum atomic E-state index is 12.6. The minimum Gasteiger partial charge on any atom is -0.294 e. The summed E-state index contributed by atoms with van der Waals surface area (Å²) in [5, 5.41) is 9.28. The van der Waals surface area contributed by atoms with E-state index in [0.29, 0.717) is 17.9 Å². The number of nitriles is 1. The smallest absolute Gasteiger partial charge is 0.163 e. The van der Waals surface area contributed by atoms with Crippen LogP contribution < -0.4 is 0 Å². The summed E-state index contributed by atoms with van der Waals surface area (Å²) in [4.78, 5) is 12.6. The molecule has 0 bridgehead atoms. The average molecular weight is 488 g/mol. The van der Waals surface area contributed by atoms with Crippen LogP contribution in [0.2, 0.25) is 0 Å². The molecule has 2 unspecified atom stereocenters. The molecule has 0 spiro atoms. The first-order chi connectivity index (χ1) is 17.4. The zero-order chi connectivity index (χ0) is 26.5. The van der Waals surface area contributed by atoms with E-state index in [2.05, 4.69) is 13.0 Å². The standard InChI is InChI=1S/C23H25NO.C8H9F.C2H6.H2/c1-16-6-5-8-18(16)11-13-23(25)21-12-10-19(14-17(21)2)22-9-4-3-7-20(22)15-24;1-2-7-4-3-5-8(9)6-7;1-2;/h3-4,7,9-10,12,14,16,18H,5-6,8,11,13H2,1-2H3;3-6H,2H2,1H3;1-2H3;1H. The van der Waals surface area contributed by atoms with Gasteiger partial charge in [-0.05, 0) is 72.1 Å². The van der Waals surface area contributed by atoms with Gasteiger partial charge < -0.3 is 0 Å². The van der Waals surface area contributed by atoms with Crippen LogP contribution >= 0.6 is 0 Å². The van der Waals surface area contributed by atoms with Gasteiger partial charge in [-0.2, -0.15) is 5.26 Å². The maximum absolute atomic E-state index is 12.6. The summed E-state index contributed by atoms with van der Waals surface area (Å²) in [5.41, 5.74) is 5.45. The summed E-state index contributed by atoms with van der Waals surface area (Å²) in [6, 6.07) is 22.4. The molecule has 3 aromatic carbocycles. The molecule has 0 radical (unpaired) electrons. The lowest BCUT2D eigenvalue weighted by Crippen LogP contribution is -2.09. The number of rotatable bonds is 6. The second-order valence-corrected chi connectivity index (χ2v) is 9.30. The molecule has 1 aliphatic carbocycles. The highest BCUT2D eigenvalue weighted by atomic mass is 19.1. The van der Waals surface area contributed by atoms with Crippen molar-refractivity contribution in [2.75, 3.05) is 0 Å². The predicted octanol–water partition coefficient (Wildman–Crippen LogP) is 9.59. The Morgan fingerprint density at radius 3 is 2.39 bits per heavy atom. The van der Waals surface area contributed by atoms with Crippen LogP contribution in [0.15, 0.2) is 66.7 Å². The fraction of sp³-hybridized carbons (Fsp3) is 0.394. The summed E-state index contributed by atoms with van der Waals surface area (Å²) in [7, 11) is 0. The highest BCUT2D eigenvalue weighted by Crippen LogP contribution is 2.35. The lowest BCUT2D eigenvalue weighted by atomic mass is 9.89. The van der Waals surface area contributed by atoms with Crippen molar-refractivity contribution in [1.82, 2.24) is 0 Å². The molecule has 3 heteroatoms. The van der Waals surface area contributed by atoms with E-state index in [0.717, 1.165) is 46.6 Å². The normalized spacial score (nSPS) is 16.1. The van der Waals surface area contributed by atoms with Crippen LogP contribution in [-0.4, -0.2) is 5.78 Å². The van der Waals surface area contributed by atoms with Gasteiger partial charge in [-0.15, -0.1) is 0 Å². The number of carbonyl (C=O) groups is 1. The van der Waals surface area contributed by atoms with Crippen molar-refractivity contribution in [3.63, 3.8) is 0 Å². The zero-order valence-electron chi connectivity index (χ0n) is 22.5. The van der Waals surface area contributed by atoms with Crippen LogP contribution in [0.25, 0.3) is 11.1 Å². The van der Waals surface area contributed by atoms with Gasteiger partial charge in [-0.1, -0.05) is 95.5 Å². The highest BCUT2D eigenvalue weighted by molar-refractivity contribution is 5.98. The Hall–Kier alpha value is -3.25. The Morgan fingerprint density at radius 1 is 1.06 bits per heavy atom. The van der Waals surface area contributed by atoms with Crippen LogP contribution in [0.5, 0.6) is 0 Å². The summed E-state index contributed by atoms with van der Waals surface area (Å²) < 4.78 is 12.4. The Labute approximate surface area is 218 Å². The van der Waals surface area contributed by atoms with E-state index in [9.17, 15) is 14.4 Å². The lowest BCUT2D eigenvalue weighted by Gasteiger charge is -2.15. The lowest BCUT2D eigenvalue weighted by molar-refractivity contribution is 0.0970. The summed E-state index contributed by atoms with van der Waals surface area (Å²) in [6.45, 7) is 10.3. The minimum atomic E-state index is -0.144. The molecule has 1 saturated carbocycles. The number of aryl methyl sites for hydroxylation is 2. The average Bonchev–Trinajstić information content (AvgIpc) is 3.33. The molecule has 0 heterocycles. The quantitative estimate of drug-likeness (QED) is 0.325. The first kappa shape index (κ1) is 29.0. The van der Waals surface area contributed by atoms with Crippen molar-refractivity contribution in [2.45, 2.75) is 73.1 Å². The van der Waals surface area contributed by atoms with Crippen LogP contribution in [0.4, 0.5) is 4.39 Å². The summed E-state index contributed by atoms with van der Waals surface area (Å²) in [6.07, 6.45) is 6.45. The van der Waals surface area contributed by atoms with E-state index in [1.165, 1.54) is 25.3 Å². The first-order valence-corrected chi connectivity index (χ1v) is 13.3. The number of benzene rings is 3. The third kappa shape index (κ3) is 8.16. The Balaban J connectivity index is 0.000000481. The molecule has 4 rings (SSSR count). The first-order valence-electron chi connectivity index (χ1n) is 13.3. The van der Waals surface area contributed by atoms with Gasteiger partial charge in [0.05, 0.1) is 11.6 Å². The van der Waals surface area contributed by atoms with Crippen molar-refractivity contribution in [3.05, 3.63) is 94.8 Å². The Kier molecular flexibility index (Phi) is 12.1. The Morgan fingerprint density at radius 2 is 1.81 bits per heavy atom. The topological polar surface area (TPSA) is 40.9 Å². The monoisotopic (exact) mass is 487 g/mol. The van der Waals surface area contributed by atoms with Gasteiger partial charge in [0.1, 0.15) is 5.82 Å². The third-order valence-corrected chi connectivity index (χ3v) is 6.96. The van der Waals surface area contributed by atoms with Crippen LogP contribution in [-0.2, 0) is 6.42 Å². The number of hydrogen-bond donors (Lipinski definition) is 0. The van der Waals surface area contributed by atoms with E-state index in [4.69, 9.17) is 0 Å². The number of carbonyl (C=O) groups excluding carboxylic acids is 1. The van der Waals surface area contributed by atoms with Crippen molar-refractivity contribution in [3.8, 4) is 17.2 Å². The zero-order valence-corrected chi connectivity index (χ0v) is 22.5. The second kappa shape index (κ2) is 15.0. The van der Waals surface area contributed by atoms with Crippen LogP contribution in [0, 0.1) is 35.9 Å². The number of Topliss-reactive ketones (excluding diaryl/α,β-unsaturated/α-hetero) is 1. The van der Waals surface area contributed by atoms with Gasteiger partial charge in [0.2, 0.25) is 0 Å². The minimum absolute atomic E-state index is 0. The number of halogens is 1. The van der Waals surface area contributed by atoms with Gasteiger partial charge in [-0.3, -0.25) is 4.79 Å². The highest BCUT2D eigenvalue weighted by Gasteiger charge is 2.24.